The van der Waals surface area contributed by atoms with E-state index in [-0.39, 0.29) is 30.5 Å². The predicted octanol–water partition coefficient (Wildman–Crippen LogP) is 2.22. The summed E-state index contributed by atoms with van der Waals surface area (Å²) in [7, 11) is 2.64. The zero-order valence-electron chi connectivity index (χ0n) is 16.1. The van der Waals surface area contributed by atoms with Crippen molar-refractivity contribution in [3.05, 3.63) is 48.3 Å². The smallest absolute Gasteiger partial charge is 0.356 e. The molecule has 1 aromatic carbocycles. The number of hydrogen-bond acceptors (Lipinski definition) is 3. The van der Waals surface area contributed by atoms with Crippen molar-refractivity contribution >= 4 is 35.8 Å². The van der Waals surface area contributed by atoms with E-state index in [4.69, 9.17) is 0 Å². The summed E-state index contributed by atoms with van der Waals surface area (Å²) in [4.78, 5) is 16.3. The average molecular weight is 524 g/mol. The maximum atomic E-state index is 12.3. The number of nitrogens with zero attached hydrogens (tertiary/aromatic N) is 4. The first-order chi connectivity index (χ1) is 13.3. The molecule has 1 heterocycles. The largest absolute Gasteiger partial charge is 0.406 e. The molecule has 1 amide bonds. The minimum Gasteiger partial charge on any atom is -0.356 e. The molecule has 0 bridgehead atoms. The zero-order chi connectivity index (χ0) is 20.6. The van der Waals surface area contributed by atoms with E-state index >= 15 is 0 Å². The van der Waals surface area contributed by atoms with Gasteiger partial charge in [0.25, 0.3) is 0 Å². The second kappa shape index (κ2) is 11.6. The fraction of sp³-hybridized carbons (Fsp3) is 0.389. The summed E-state index contributed by atoms with van der Waals surface area (Å²) in [6, 6.07) is 9.76. The number of alkyl halides is 3. The van der Waals surface area contributed by atoms with Crippen molar-refractivity contribution in [3.8, 4) is 5.69 Å². The second-order valence-electron chi connectivity index (χ2n) is 6.08. The Bertz CT molecular complexity index is 778. The van der Waals surface area contributed by atoms with Crippen molar-refractivity contribution in [2.24, 2.45) is 4.99 Å². The highest BCUT2D eigenvalue weighted by atomic mass is 127. The number of amides is 1. The zero-order valence-corrected chi connectivity index (χ0v) is 18.4. The van der Waals surface area contributed by atoms with Gasteiger partial charge < -0.3 is 15.5 Å². The molecule has 0 spiro atoms. The summed E-state index contributed by atoms with van der Waals surface area (Å²) < 4.78 is 38.7. The van der Waals surface area contributed by atoms with Crippen LogP contribution in [0.25, 0.3) is 5.69 Å². The molecule has 0 radical (unpaired) electrons. The van der Waals surface area contributed by atoms with Gasteiger partial charge in [0.15, 0.2) is 5.96 Å². The number of aliphatic imine (C=N–C) groups is 1. The predicted molar refractivity (Wildman–Crippen MR) is 116 cm³/mol. The van der Waals surface area contributed by atoms with E-state index in [1.54, 1.807) is 10.9 Å². The Morgan fingerprint density at radius 1 is 1.24 bits per heavy atom. The van der Waals surface area contributed by atoms with Crippen LogP contribution in [-0.2, 0) is 11.2 Å². The Morgan fingerprint density at radius 2 is 1.93 bits per heavy atom. The number of carbonyl (C=O) groups excluding carboxylic acids is 1. The minimum atomic E-state index is -4.42. The van der Waals surface area contributed by atoms with Gasteiger partial charge in [-0.3, -0.25) is 9.79 Å². The molecule has 0 aliphatic heterocycles. The first-order valence-electron chi connectivity index (χ1n) is 8.62. The van der Waals surface area contributed by atoms with Crippen LogP contribution in [0, 0.1) is 0 Å². The van der Waals surface area contributed by atoms with E-state index in [1.165, 1.54) is 7.05 Å². The number of likely N-dealkylation sites (N-methyl/N-ethyl adjacent to an activating group) is 1. The van der Waals surface area contributed by atoms with Crippen molar-refractivity contribution in [3.63, 3.8) is 0 Å². The fourth-order valence-electron chi connectivity index (χ4n) is 2.43. The molecular weight excluding hydrogens is 500 g/mol. The number of benzene rings is 1. The topological polar surface area (TPSA) is 74.5 Å². The van der Waals surface area contributed by atoms with Gasteiger partial charge in [0, 0.05) is 33.0 Å². The summed E-state index contributed by atoms with van der Waals surface area (Å²) >= 11 is 0. The third-order valence-corrected chi connectivity index (χ3v) is 3.88. The first-order valence-corrected chi connectivity index (χ1v) is 8.62. The van der Waals surface area contributed by atoms with Crippen molar-refractivity contribution < 1.29 is 18.0 Å². The third-order valence-electron chi connectivity index (χ3n) is 3.88. The molecule has 0 saturated heterocycles. The Morgan fingerprint density at radius 3 is 2.48 bits per heavy atom. The lowest BCUT2D eigenvalue weighted by Gasteiger charge is -2.20. The van der Waals surface area contributed by atoms with Crippen LogP contribution < -0.4 is 10.6 Å². The standard InChI is InChI=1S/C18H23F3N6O.HI/c1-22-17(24-12-16(28)26(2)13-18(19,20)21)23-10-8-14-4-6-15(7-5-14)27-11-3-9-25-27;/h3-7,9,11H,8,10,12-13H2,1-2H3,(H2,22,23,24);1H. The molecule has 0 saturated carbocycles. The van der Waals surface area contributed by atoms with Gasteiger partial charge in [-0.05, 0) is 30.2 Å². The van der Waals surface area contributed by atoms with Crippen molar-refractivity contribution in [2.75, 3.05) is 33.7 Å². The molecule has 1 aromatic heterocycles. The highest BCUT2D eigenvalue weighted by Crippen LogP contribution is 2.15. The van der Waals surface area contributed by atoms with Crippen LogP contribution in [0.3, 0.4) is 0 Å². The van der Waals surface area contributed by atoms with Crippen LogP contribution in [0.1, 0.15) is 5.56 Å². The third kappa shape index (κ3) is 8.71. The van der Waals surface area contributed by atoms with Gasteiger partial charge in [0.2, 0.25) is 5.91 Å². The number of carbonyl (C=O) groups is 1. The molecule has 0 unspecified atom stereocenters. The lowest BCUT2D eigenvalue weighted by molar-refractivity contribution is -0.157. The molecular formula is C18H24F3IN6O. The van der Waals surface area contributed by atoms with Crippen molar-refractivity contribution in [1.82, 2.24) is 25.3 Å². The van der Waals surface area contributed by atoms with Gasteiger partial charge in [-0.15, -0.1) is 24.0 Å². The molecule has 11 heteroatoms. The number of guanidine groups is 1. The van der Waals surface area contributed by atoms with E-state index in [9.17, 15) is 18.0 Å². The van der Waals surface area contributed by atoms with Crippen LogP contribution in [0.5, 0.6) is 0 Å². The van der Waals surface area contributed by atoms with Crippen LogP contribution >= 0.6 is 24.0 Å². The molecule has 0 aliphatic rings. The minimum absolute atomic E-state index is 0. The summed E-state index contributed by atoms with van der Waals surface area (Å²) in [5.74, 6) is -0.323. The first kappa shape index (κ1) is 24.7. The van der Waals surface area contributed by atoms with E-state index in [1.807, 2.05) is 36.5 Å². The summed E-state index contributed by atoms with van der Waals surface area (Å²) in [5.41, 5.74) is 2.06. The highest BCUT2D eigenvalue weighted by Gasteiger charge is 2.31. The second-order valence-corrected chi connectivity index (χ2v) is 6.08. The maximum absolute atomic E-state index is 12.3. The summed E-state index contributed by atoms with van der Waals surface area (Å²) in [6.07, 6.45) is -0.138. The van der Waals surface area contributed by atoms with Gasteiger partial charge in [-0.25, -0.2) is 4.68 Å². The Balaban J connectivity index is 0.00000420. The maximum Gasteiger partial charge on any atom is 0.406 e. The van der Waals surface area contributed by atoms with E-state index < -0.39 is 18.6 Å². The van der Waals surface area contributed by atoms with Gasteiger partial charge in [-0.2, -0.15) is 18.3 Å². The van der Waals surface area contributed by atoms with E-state index in [0.29, 0.717) is 23.8 Å². The number of rotatable bonds is 7. The highest BCUT2D eigenvalue weighted by molar-refractivity contribution is 14.0. The Labute approximate surface area is 184 Å². The quantitative estimate of drug-likeness (QED) is 0.331. The Kier molecular flexibility index (Phi) is 9.92. The van der Waals surface area contributed by atoms with Crippen molar-refractivity contribution in [1.29, 1.82) is 0 Å². The van der Waals surface area contributed by atoms with Crippen LogP contribution in [0.4, 0.5) is 13.2 Å². The normalized spacial score (nSPS) is 11.6. The SMILES string of the molecule is CN=C(NCCc1ccc(-n2cccn2)cc1)NCC(=O)N(C)CC(F)(F)F.I. The number of nitrogens with one attached hydrogen (secondary N) is 2. The molecule has 2 aromatic rings. The van der Waals surface area contributed by atoms with Gasteiger partial charge in [0.1, 0.15) is 6.54 Å². The van der Waals surface area contributed by atoms with E-state index in [2.05, 4.69) is 20.7 Å². The lowest BCUT2D eigenvalue weighted by atomic mass is 10.1. The van der Waals surface area contributed by atoms with E-state index in [0.717, 1.165) is 18.3 Å². The number of halogens is 4. The molecule has 0 atom stereocenters. The number of aromatic nitrogens is 2. The average Bonchev–Trinajstić information content (AvgIpc) is 3.18. The molecule has 0 fully saturated rings. The number of hydrogen-bond donors (Lipinski definition) is 2. The van der Waals surface area contributed by atoms with Crippen molar-refractivity contribution in [2.45, 2.75) is 12.6 Å². The van der Waals surface area contributed by atoms with Crippen LogP contribution in [0.15, 0.2) is 47.7 Å². The molecule has 2 N–H and O–H groups in total. The molecule has 2 rings (SSSR count). The van der Waals surface area contributed by atoms with Crippen LogP contribution in [-0.4, -0.2) is 66.5 Å². The van der Waals surface area contributed by atoms with Gasteiger partial charge in [-0.1, -0.05) is 12.1 Å². The fourth-order valence-corrected chi connectivity index (χ4v) is 2.43. The monoisotopic (exact) mass is 524 g/mol. The van der Waals surface area contributed by atoms with Crippen LogP contribution in [0.2, 0.25) is 0 Å². The molecule has 160 valence electrons. The summed E-state index contributed by atoms with van der Waals surface area (Å²) in [5, 5.41) is 9.92. The molecule has 29 heavy (non-hydrogen) atoms. The van der Waals surface area contributed by atoms with Gasteiger partial charge in [0.05, 0.1) is 12.2 Å². The Hall–Kier alpha value is -2.31. The molecule has 7 nitrogen and oxygen atoms in total. The van der Waals surface area contributed by atoms with Gasteiger partial charge >= 0.3 is 6.18 Å². The molecule has 0 aliphatic carbocycles. The summed E-state index contributed by atoms with van der Waals surface area (Å²) in [6.45, 7) is -1.01. The lowest BCUT2D eigenvalue weighted by Crippen LogP contribution is -2.45.